The lowest BCUT2D eigenvalue weighted by Crippen LogP contribution is -2.24. The van der Waals surface area contributed by atoms with E-state index in [0.29, 0.717) is 13.2 Å². The Morgan fingerprint density at radius 3 is 2.72 bits per heavy atom. The molecule has 0 saturated heterocycles. The van der Waals surface area contributed by atoms with Crippen LogP contribution in [0.2, 0.25) is 0 Å². The Bertz CT molecular complexity index is 796. The van der Waals surface area contributed by atoms with Crippen LogP contribution in [-0.4, -0.2) is 55.3 Å². The third-order valence-electron chi connectivity index (χ3n) is 3.96. The standard InChI is InChI=1S/C16H21N5O.C2HF3O2/c1-2-10-22-13-15-16-12-20(8-5-9-21(16)19-18-15)11-14-6-3-4-7-17-14;3-2(4,5)1(6)7/h2-4,6-7H,1,5,8-13H2;(H,6,7). The number of fused-ring (bicyclic) bond motifs is 1. The van der Waals surface area contributed by atoms with Gasteiger partial charge in [0, 0.05) is 32.4 Å². The lowest BCUT2D eigenvalue weighted by molar-refractivity contribution is -0.192. The number of aliphatic carboxylic acids is 1. The SMILES string of the molecule is C=CCOCc1nnn2c1CN(Cc1ccccn1)CCC2.O=C(O)C(F)(F)F. The summed E-state index contributed by atoms with van der Waals surface area (Å²) in [7, 11) is 0. The lowest BCUT2D eigenvalue weighted by Gasteiger charge is -2.19. The van der Waals surface area contributed by atoms with Crippen LogP contribution < -0.4 is 0 Å². The van der Waals surface area contributed by atoms with Crippen LogP contribution in [0.15, 0.2) is 37.1 Å². The number of carboxylic acids is 1. The van der Waals surface area contributed by atoms with E-state index in [9.17, 15) is 13.2 Å². The minimum atomic E-state index is -5.08. The molecular formula is C18H22F3N5O3. The maximum absolute atomic E-state index is 10.6. The number of aryl methyl sites for hydroxylation is 1. The number of carboxylic acid groups (broad SMARTS) is 1. The smallest absolute Gasteiger partial charge is 0.475 e. The Balaban J connectivity index is 0.000000370. The number of alkyl halides is 3. The summed E-state index contributed by atoms with van der Waals surface area (Å²) < 4.78 is 39.3. The summed E-state index contributed by atoms with van der Waals surface area (Å²) in [5.74, 6) is -2.76. The van der Waals surface area contributed by atoms with Crippen molar-refractivity contribution in [3.63, 3.8) is 0 Å². The van der Waals surface area contributed by atoms with Crippen molar-refractivity contribution in [3.8, 4) is 0 Å². The molecule has 0 radical (unpaired) electrons. The second-order valence-corrected chi connectivity index (χ2v) is 6.20. The van der Waals surface area contributed by atoms with Crippen molar-refractivity contribution in [1.29, 1.82) is 0 Å². The highest BCUT2D eigenvalue weighted by atomic mass is 19.4. The van der Waals surface area contributed by atoms with Crippen molar-refractivity contribution in [2.75, 3.05) is 13.2 Å². The molecule has 1 aliphatic heterocycles. The van der Waals surface area contributed by atoms with Gasteiger partial charge in [0.25, 0.3) is 0 Å². The second-order valence-electron chi connectivity index (χ2n) is 6.20. The number of nitrogens with zero attached hydrogens (tertiary/aromatic N) is 5. The van der Waals surface area contributed by atoms with Crippen LogP contribution in [0, 0.1) is 0 Å². The zero-order valence-electron chi connectivity index (χ0n) is 15.7. The van der Waals surface area contributed by atoms with E-state index in [4.69, 9.17) is 14.6 Å². The molecule has 29 heavy (non-hydrogen) atoms. The Morgan fingerprint density at radius 2 is 2.10 bits per heavy atom. The Hall–Kier alpha value is -2.79. The second kappa shape index (κ2) is 10.7. The van der Waals surface area contributed by atoms with Crippen molar-refractivity contribution in [2.45, 2.75) is 38.8 Å². The molecule has 0 aromatic carbocycles. The summed E-state index contributed by atoms with van der Waals surface area (Å²) in [5.41, 5.74) is 3.17. The van der Waals surface area contributed by atoms with Gasteiger partial charge in [-0.25, -0.2) is 9.48 Å². The highest BCUT2D eigenvalue weighted by Crippen LogP contribution is 2.17. The van der Waals surface area contributed by atoms with E-state index in [-0.39, 0.29) is 0 Å². The van der Waals surface area contributed by atoms with Crippen LogP contribution in [-0.2, 0) is 35.8 Å². The molecule has 0 atom stereocenters. The van der Waals surface area contributed by atoms with Crippen LogP contribution in [0.5, 0.6) is 0 Å². The van der Waals surface area contributed by atoms with E-state index in [0.717, 1.165) is 49.7 Å². The van der Waals surface area contributed by atoms with Gasteiger partial charge in [0.2, 0.25) is 0 Å². The Labute approximate surface area is 165 Å². The molecule has 0 bridgehead atoms. The molecule has 0 saturated carbocycles. The van der Waals surface area contributed by atoms with Gasteiger partial charge in [0.1, 0.15) is 5.69 Å². The van der Waals surface area contributed by atoms with Gasteiger partial charge in [-0.2, -0.15) is 13.2 Å². The van der Waals surface area contributed by atoms with Crippen LogP contribution in [0.4, 0.5) is 13.2 Å². The maximum atomic E-state index is 10.6. The summed E-state index contributed by atoms with van der Waals surface area (Å²) >= 11 is 0. The summed E-state index contributed by atoms with van der Waals surface area (Å²) in [5, 5.41) is 15.6. The van der Waals surface area contributed by atoms with Crippen molar-refractivity contribution in [3.05, 3.63) is 54.1 Å². The molecule has 8 nitrogen and oxygen atoms in total. The van der Waals surface area contributed by atoms with Crippen LogP contribution in [0.1, 0.15) is 23.5 Å². The number of rotatable bonds is 6. The number of carbonyl (C=O) groups is 1. The predicted octanol–water partition coefficient (Wildman–Crippen LogP) is 2.41. The molecule has 1 aliphatic rings. The van der Waals surface area contributed by atoms with Gasteiger partial charge in [-0.05, 0) is 18.6 Å². The predicted molar refractivity (Wildman–Crippen MR) is 96.5 cm³/mol. The first-order chi connectivity index (χ1) is 13.8. The third kappa shape index (κ3) is 7.27. The first kappa shape index (κ1) is 22.5. The van der Waals surface area contributed by atoms with Crippen molar-refractivity contribution in [2.24, 2.45) is 0 Å². The Kier molecular flexibility index (Phi) is 8.28. The Morgan fingerprint density at radius 1 is 1.34 bits per heavy atom. The van der Waals surface area contributed by atoms with Gasteiger partial charge in [-0.15, -0.1) is 11.7 Å². The van der Waals surface area contributed by atoms with Crippen molar-refractivity contribution in [1.82, 2.24) is 24.9 Å². The molecule has 0 spiro atoms. The highest BCUT2D eigenvalue weighted by molar-refractivity contribution is 5.73. The van der Waals surface area contributed by atoms with E-state index < -0.39 is 12.1 Å². The number of halogens is 3. The van der Waals surface area contributed by atoms with Crippen LogP contribution >= 0.6 is 0 Å². The fourth-order valence-corrected chi connectivity index (χ4v) is 2.66. The number of hydrogen-bond donors (Lipinski definition) is 1. The molecule has 0 unspecified atom stereocenters. The van der Waals surface area contributed by atoms with Gasteiger partial charge in [-0.3, -0.25) is 9.88 Å². The minimum absolute atomic E-state index is 0.485. The number of ether oxygens (including phenoxy) is 1. The topological polar surface area (TPSA) is 93.4 Å². The van der Waals surface area contributed by atoms with E-state index in [1.165, 1.54) is 0 Å². The first-order valence-electron chi connectivity index (χ1n) is 8.83. The maximum Gasteiger partial charge on any atom is 0.490 e. The molecule has 11 heteroatoms. The monoisotopic (exact) mass is 413 g/mol. The summed E-state index contributed by atoms with van der Waals surface area (Å²) in [6.07, 6.45) is -0.431. The van der Waals surface area contributed by atoms with Crippen molar-refractivity contribution < 1.29 is 27.8 Å². The van der Waals surface area contributed by atoms with Gasteiger partial charge < -0.3 is 9.84 Å². The number of pyridine rings is 1. The van der Waals surface area contributed by atoms with Gasteiger partial charge in [0.15, 0.2) is 0 Å². The quantitative estimate of drug-likeness (QED) is 0.574. The minimum Gasteiger partial charge on any atom is -0.475 e. The van der Waals surface area contributed by atoms with Gasteiger partial charge in [0.05, 0.1) is 24.6 Å². The molecule has 1 N–H and O–H groups in total. The van der Waals surface area contributed by atoms with E-state index in [2.05, 4.69) is 32.8 Å². The fourth-order valence-electron chi connectivity index (χ4n) is 2.66. The van der Waals surface area contributed by atoms with Crippen LogP contribution in [0.3, 0.4) is 0 Å². The molecular weight excluding hydrogens is 391 g/mol. The van der Waals surface area contributed by atoms with Crippen LogP contribution in [0.25, 0.3) is 0 Å². The molecule has 3 heterocycles. The average Bonchev–Trinajstić information content (AvgIpc) is 2.92. The number of hydrogen-bond acceptors (Lipinski definition) is 6. The van der Waals surface area contributed by atoms with Crippen molar-refractivity contribution >= 4 is 5.97 Å². The normalized spacial score (nSPS) is 14.3. The van der Waals surface area contributed by atoms with Gasteiger partial charge >= 0.3 is 12.1 Å². The highest BCUT2D eigenvalue weighted by Gasteiger charge is 2.38. The third-order valence-corrected chi connectivity index (χ3v) is 3.96. The molecule has 2 aromatic heterocycles. The first-order valence-corrected chi connectivity index (χ1v) is 8.83. The zero-order valence-corrected chi connectivity index (χ0v) is 15.7. The largest absolute Gasteiger partial charge is 0.490 e. The summed E-state index contributed by atoms with van der Waals surface area (Å²) in [6, 6.07) is 6.04. The average molecular weight is 413 g/mol. The molecule has 3 rings (SSSR count). The number of aromatic nitrogens is 4. The molecule has 0 aliphatic carbocycles. The molecule has 0 fully saturated rings. The van der Waals surface area contributed by atoms with E-state index in [1.807, 2.05) is 23.0 Å². The fraction of sp³-hybridized carbons (Fsp3) is 0.444. The van der Waals surface area contributed by atoms with Gasteiger partial charge in [-0.1, -0.05) is 17.4 Å². The zero-order chi connectivity index (χ0) is 21.3. The lowest BCUT2D eigenvalue weighted by atomic mass is 10.2. The van der Waals surface area contributed by atoms with E-state index in [1.54, 1.807) is 6.08 Å². The molecule has 2 aromatic rings. The summed E-state index contributed by atoms with van der Waals surface area (Å²) in [6.45, 7) is 8.29. The molecule has 158 valence electrons. The molecule has 0 amide bonds. The summed E-state index contributed by atoms with van der Waals surface area (Å²) in [4.78, 5) is 15.7. The van der Waals surface area contributed by atoms with E-state index >= 15 is 0 Å².